The minimum atomic E-state index is 0.106. The minimum Gasteiger partial charge on any atom is -0.497 e. The van der Waals surface area contributed by atoms with Crippen LogP contribution in [0.15, 0.2) is 72.8 Å². The van der Waals surface area contributed by atoms with Gasteiger partial charge in [-0.25, -0.2) is 0 Å². The zero-order chi connectivity index (χ0) is 20.6. The lowest BCUT2D eigenvalue weighted by Crippen LogP contribution is -2.26. The first-order valence-corrected chi connectivity index (χ1v) is 9.70. The summed E-state index contributed by atoms with van der Waals surface area (Å²) in [6.07, 6.45) is 1.07. The Hall–Kier alpha value is -3.27. The molecular weight excluding hydrogens is 362 g/mol. The van der Waals surface area contributed by atoms with Gasteiger partial charge in [-0.05, 0) is 40.8 Å². The molecule has 0 aliphatic heterocycles. The van der Waals surface area contributed by atoms with Crippen LogP contribution in [-0.4, -0.2) is 32.1 Å². The Morgan fingerprint density at radius 2 is 1.48 bits per heavy atom. The molecular formula is C25H27NO3. The average molecular weight is 389 g/mol. The first-order valence-electron chi connectivity index (χ1n) is 9.70. The lowest BCUT2D eigenvalue weighted by Gasteiger charge is -2.20. The number of aryl methyl sites for hydroxylation is 1. The molecule has 0 bridgehead atoms. The average Bonchev–Trinajstić information content (AvgIpc) is 2.78. The van der Waals surface area contributed by atoms with Crippen molar-refractivity contribution in [2.75, 3.05) is 21.3 Å². The Morgan fingerprint density at radius 3 is 2.14 bits per heavy atom. The Labute approximate surface area is 172 Å². The molecule has 0 atom stereocenters. The van der Waals surface area contributed by atoms with E-state index >= 15 is 0 Å². The van der Waals surface area contributed by atoms with Gasteiger partial charge in [0.15, 0.2) is 0 Å². The van der Waals surface area contributed by atoms with Gasteiger partial charge in [-0.2, -0.15) is 0 Å². The third kappa shape index (κ3) is 5.38. The van der Waals surface area contributed by atoms with Gasteiger partial charge in [-0.15, -0.1) is 0 Å². The first kappa shape index (κ1) is 20.5. The van der Waals surface area contributed by atoms with E-state index in [9.17, 15) is 4.79 Å². The molecule has 0 N–H and O–H groups in total. The fourth-order valence-corrected chi connectivity index (χ4v) is 3.35. The number of carbonyl (C=O) groups excluding carboxylic acids is 1. The summed E-state index contributed by atoms with van der Waals surface area (Å²) in [6, 6.07) is 24.2. The van der Waals surface area contributed by atoms with Gasteiger partial charge in [0, 0.05) is 26.1 Å². The highest BCUT2D eigenvalue weighted by Gasteiger charge is 2.13. The van der Waals surface area contributed by atoms with Gasteiger partial charge in [0.25, 0.3) is 0 Å². The second-order valence-electron chi connectivity index (χ2n) is 6.99. The Kier molecular flexibility index (Phi) is 6.90. The van der Waals surface area contributed by atoms with Gasteiger partial charge >= 0.3 is 0 Å². The number of amides is 1. The predicted molar refractivity (Wildman–Crippen MR) is 116 cm³/mol. The zero-order valence-electron chi connectivity index (χ0n) is 17.2. The van der Waals surface area contributed by atoms with E-state index in [0.29, 0.717) is 19.4 Å². The molecule has 3 aromatic carbocycles. The molecule has 0 aliphatic rings. The highest BCUT2D eigenvalue weighted by molar-refractivity contribution is 5.77. The molecule has 0 radical (unpaired) electrons. The van der Waals surface area contributed by atoms with E-state index in [1.807, 2.05) is 55.6 Å². The number of rotatable bonds is 8. The van der Waals surface area contributed by atoms with Gasteiger partial charge in [-0.3, -0.25) is 4.79 Å². The van der Waals surface area contributed by atoms with Gasteiger partial charge < -0.3 is 14.4 Å². The highest BCUT2D eigenvalue weighted by atomic mass is 16.5. The van der Waals surface area contributed by atoms with E-state index in [2.05, 4.69) is 24.3 Å². The van der Waals surface area contributed by atoms with Crippen molar-refractivity contribution in [2.45, 2.75) is 19.4 Å². The van der Waals surface area contributed by atoms with Crippen molar-refractivity contribution < 1.29 is 14.3 Å². The third-order valence-corrected chi connectivity index (χ3v) is 4.97. The molecule has 0 fully saturated rings. The van der Waals surface area contributed by atoms with Crippen molar-refractivity contribution in [2.24, 2.45) is 0 Å². The van der Waals surface area contributed by atoms with Crippen molar-refractivity contribution in [1.29, 1.82) is 0 Å². The normalized spacial score (nSPS) is 10.4. The van der Waals surface area contributed by atoms with Crippen molar-refractivity contribution in [3.05, 3.63) is 83.9 Å². The minimum absolute atomic E-state index is 0.106. The maximum absolute atomic E-state index is 12.7. The SMILES string of the molecule is COc1cc(CCC(=O)N(C)Cc2ccccc2-c2ccccc2)cc(OC)c1. The van der Waals surface area contributed by atoms with E-state index in [1.165, 1.54) is 0 Å². The van der Waals surface area contributed by atoms with E-state index in [0.717, 1.165) is 33.8 Å². The Balaban J connectivity index is 1.66. The number of carbonyl (C=O) groups is 1. The molecule has 3 aromatic rings. The monoisotopic (exact) mass is 389 g/mol. The molecule has 4 heteroatoms. The second-order valence-corrected chi connectivity index (χ2v) is 6.99. The van der Waals surface area contributed by atoms with Crippen LogP contribution < -0.4 is 9.47 Å². The van der Waals surface area contributed by atoms with Crippen LogP contribution in [-0.2, 0) is 17.8 Å². The summed E-state index contributed by atoms with van der Waals surface area (Å²) in [5.41, 5.74) is 4.47. The lowest BCUT2D eigenvalue weighted by atomic mass is 9.99. The van der Waals surface area contributed by atoms with E-state index in [-0.39, 0.29) is 5.91 Å². The van der Waals surface area contributed by atoms with E-state index < -0.39 is 0 Å². The molecule has 0 aliphatic carbocycles. The highest BCUT2D eigenvalue weighted by Crippen LogP contribution is 2.25. The van der Waals surface area contributed by atoms with E-state index in [4.69, 9.17) is 9.47 Å². The number of hydrogen-bond acceptors (Lipinski definition) is 3. The van der Waals surface area contributed by atoms with Crippen LogP contribution in [0, 0.1) is 0 Å². The molecule has 150 valence electrons. The topological polar surface area (TPSA) is 38.8 Å². The maximum Gasteiger partial charge on any atom is 0.222 e. The quantitative estimate of drug-likeness (QED) is 0.546. The van der Waals surface area contributed by atoms with Gasteiger partial charge in [0.05, 0.1) is 14.2 Å². The van der Waals surface area contributed by atoms with Crippen molar-refractivity contribution >= 4 is 5.91 Å². The Morgan fingerprint density at radius 1 is 0.862 bits per heavy atom. The molecule has 29 heavy (non-hydrogen) atoms. The molecule has 3 rings (SSSR count). The number of methoxy groups -OCH3 is 2. The van der Waals surface area contributed by atoms with Crippen LogP contribution >= 0.6 is 0 Å². The number of nitrogens with zero attached hydrogens (tertiary/aromatic N) is 1. The van der Waals surface area contributed by atoms with Crippen LogP contribution in [0.2, 0.25) is 0 Å². The smallest absolute Gasteiger partial charge is 0.222 e. The predicted octanol–water partition coefficient (Wildman–Crippen LogP) is 4.96. The number of ether oxygens (including phenoxy) is 2. The summed E-state index contributed by atoms with van der Waals surface area (Å²) in [4.78, 5) is 14.5. The van der Waals surface area contributed by atoms with Crippen molar-refractivity contribution in [3.63, 3.8) is 0 Å². The largest absolute Gasteiger partial charge is 0.497 e. The van der Waals surface area contributed by atoms with Crippen molar-refractivity contribution in [3.8, 4) is 22.6 Å². The molecule has 0 saturated carbocycles. The first-order chi connectivity index (χ1) is 14.1. The van der Waals surface area contributed by atoms with Gasteiger partial charge in [0.2, 0.25) is 5.91 Å². The summed E-state index contributed by atoms with van der Waals surface area (Å²) >= 11 is 0. The van der Waals surface area contributed by atoms with Crippen LogP contribution in [0.4, 0.5) is 0 Å². The van der Waals surface area contributed by atoms with Crippen LogP contribution in [0.25, 0.3) is 11.1 Å². The fourth-order valence-electron chi connectivity index (χ4n) is 3.35. The molecule has 0 saturated heterocycles. The zero-order valence-corrected chi connectivity index (χ0v) is 17.2. The molecule has 1 amide bonds. The summed E-state index contributed by atoms with van der Waals surface area (Å²) in [5, 5.41) is 0. The van der Waals surface area contributed by atoms with Crippen LogP contribution in [0.1, 0.15) is 17.5 Å². The van der Waals surface area contributed by atoms with Gasteiger partial charge in [0.1, 0.15) is 11.5 Å². The summed E-state index contributed by atoms with van der Waals surface area (Å²) in [6.45, 7) is 0.575. The van der Waals surface area contributed by atoms with Crippen molar-refractivity contribution in [1.82, 2.24) is 4.90 Å². The molecule has 4 nitrogen and oxygen atoms in total. The van der Waals surface area contributed by atoms with Crippen LogP contribution in [0.5, 0.6) is 11.5 Å². The summed E-state index contributed by atoms with van der Waals surface area (Å²) in [5.74, 6) is 1.57. The van der Waals surface area contributed by atoms with Gasteiger partial charge in [-0.1, -0.05) is 54.6 Å². The molecule has 0 spiro atoms. The summed E-state index contributed by atoms with van der Waals surface area (Å²) in [7, 11) is 5.11. The molecule has 0 heterocycles. The second kappa shape index (κ2) is 9.78. The Bertz CT molecular complexity index is 931. The molecule has 0 aromatic heterocycles. The number of benzene rings is 3. The standard InChI is InChI=1S/C25H27NO3/c1-26(18-21-11-7-8-12-24(21)20-9-5-4-6-10-20)25(27)14-13-19-15-22(28-2)17-23(16-19)29-3/h4-12,15-17H,13-14,18H2,1-3H3. The fraction of sp³-hybridized carbons (Fsp3) is 0.240. The maximum atomic E-state index is 12.7. The third-order valence-electron chi connectivity index (χ3n) is 4.97. The lowest BCUT2D eigenvalue weighted by molar-refractivity contribution is -0.130. The number of hydrogen-bond donors (Lipinski definition) is 0. The molecule has 0 unspecified atom stereocenters. The van der Waals surface area contributed by atoms with Crippen LogP contribution in [0.3, 0.4) is 0 Å². The van der Waals surface area contributed by atoms with E-state index in [1.54, 1.807) is 19.1 Å². The summed E-state index contributed by atoms with van der Waals surface area (Å²) < 4.78 is 10.6.